The van der Waals surface area contributed by atoms with E-state index in [1.807, 2.05) is 0 Å². The Morgan fingerprint density at radius 1 is 1.20 bits per heavy atom. The molecule has 182 valence electrons. The molecule has 0 spiro atoms. The van der Waals surface area contributed by atoms with Crippen molar-refractivity contribution in [1.82, 2.24) is 0 Å². The number of carbonyl (C=O) groups excluding carboxylic acids is 1. The first kappa shape index (κ1) is 26.2. The second-order valence-electron chi connectivity index (χ2n) is 7.40. The summed E-state index contributed by atoms with van der Waals surface area (Å²) in [6.07, 6.45) is -3.27. The lowest BCUT2D eigenvalue weighted by atomic mass is 10.1. The highest BCUT2D eigenvalue weighted by atomic mass is 79.9. The number of carbonyl (C=O) groups is 1. The van der Waals surface area contributed by atoms with Crippen molar-refractivity contribution in [3.63, 3.8) is 0 Å². The van der Waals surface area contributed by atoms with E-state index in [1.165, 1.54) is 36.4 Å². The normalized spacial score (nSPS) is 11.3. The van der Waals surface area contributed by atoms with Crippen LogP contribution < -0.4 is 15.2 Å². The summed E-state index contributed by atoms with van der Waals surface area (Å²) >= 11 is 3.14. The minimum absolute atomic E-state index is 0.0509. The third-order valence-electron chi connectivity index (χ3n) is 4.81. The molecule has 0 heterocycles. The number of rotatable bonds is 7. The van der Waals surface area contributed by atoms with Crippen molar-refractivity contribution >= 4 is 37.5 Å². The number of nitrogens with two attached hydrogens (primary N) is 1. The van der Waals surface area contributed by atoms with Gasteiger partial charge in [0.25, 0.3) is 6.43 Å². The Morgan fingerprint density at radius 3 is 2.51 bits per heavy atom. The van der Waals surface area contributed by atoms with Crippen LogP contribution in [0.2, 0.25) is 0 Å². The minimum Gasteiger partial charge on any atom is -0.453 e. The van der Waals surface area contributed by atoms with E-state index in [-0.39, 0.29) is 32.0 Å². The maximum atomic E-state index is 15.2. The molecular weight excluding hydrogens is 551 g/mol. The lowest BCUT2D eigenvalue weighted by molar-refractivity contribution is -0.115. The zero-order valence-corrected chi connectivity index (χ0v) is 20.4. The summed E-state index contributed by atoms with van der Waals surface area (Å²) in [6.45, 7) is 1.57. The summed E-state index contributed by atoms with van der Waals surface area (Å²) in [7, 11) is -3.91. The summed E-state index contributed by atoms with van der Waals surface area (Å²) in [5.74, 6) is -2.03. The highest BCUT2D eigenvalue weighted by molar-refractivity contribution is 9.10. The van der Waals surface area contributed by atoms with Crippen molar-refractivity contribution in [2.24, 2.45) is 5.14 Å². The molecule has 3 aromatic rings. The average Bonchev–Trinajstić information content (AvgIpc) is 2.79. The van der Waals surface area contributed by atoms with Crippen molar-refractivity contribution in [3.8, 4) is 17.6 Å². The van der Waals surface area contributed by atoms with E-state index >= 15 is 4.39 Å². The maximum absolute atomic E-state index is 15.2. The van der Waals surface area contributed by atoms with Crippen molar-refractivity contribution in [2.75, 3.05) is 5.32 Å². The van der Waals surface area contributed by atoms with Crippen LogP contribution in [0.25, 0.3) is 0 Å². The number of aryl methyl sites for hydroxylation is 1. The third-order valence-corrected chi connectivity index (χ3v) is 6.35. The number of nitrogens with zero attached hydrogens (tertiary/aromatic N) is 1. The summed E-state index contributed by atoms with van der Waals surface area (Å²) in [5, 5.41) is 16.7. The molecule has 35 heavy (non-hydrogen) atoms. The van der Waals surface area contributed by atoms with Crippen LogP contribution in [0.3, 0.4) is 0 Å². The van der Waals surface area contributed by atoms with Gasteiger partial charge in [0.05, 0.1) is 27.4 Å². The molecule has 0 radical (unpaired) electrons. The molecule has 0 atom stereocenters. The minimum atomic E-state index is -3.91. The fraction of sp³-hybridized carbons (Fsp3) is 0.130. The number of amides is 1. The maximum Gasteiger partial charge on any atom is 0.264 e. The number of halogens is 4. The van der Waals surface area contributed by atoms with Crippen LogP contribution >= 0.6 is 15.9 Å². The van der Waals surface area contributed by atoms with Crippen LogP contribution in [0.1, 0.15) is 28.7 Å². The molecule has 3 aromatic carbocycles. The van der Waals surface area contributed by atoms with E-state index in [4.69, 9.17) is 15.1 Å². The quantitative estimate of drug-likeness (QED) is 0.399. The first-order valence-electron chi connectivity index (χ1n) is 9.80. The van der Waals surface area contributed by atoms with Crippen LogP contribution in [-0.4, -0.2) is 14.3 Å². The number of nitriles is 1. The van der Waals surface area contributed by atoms with Crippen molar-refractivity contribution < 1.29 is 31.1 Å². The topological polar surface area (TPSA) is 122 Å². The Morgan fingerprint density at radius 2 is 1.91 bits per heavy atom. The fourth-order valence-electron chi connectivity index (χ4n) is 3.11. The van der Waals surface area contributed by atoms with Gasteiger partial charge in [0.1, 0.15) is 5.75 Å². The van der Waals surface area contributed by atoms with Gasteiger partial charge in [-0.25, -0.2) is 26.7 Å². The van der Waals surface area contributed by atoms with Crippen molar-refractivity contribution in [2.45, 2.75) is 24.7 Å². The number of hydrogen-bond acceptors (Lipinski definition) is 5. The molecule has 0 fully saturated rings. The van der Waals surface area contributed by atoms with E-state index in [2.05, 4.69) is 21.2 Å². The zero-order chi connectivity index (χ0) is 25.9. The Hall–Kier alpha value is -3.40. The highest BCUT2D eigenvalue weighted by Crippen LogP contribution is 2.36. The number of primary sulfonamides is 1. The molecule has 7 nitrogen and oxygen atoms in total. The largest absolute Gasteiger partial charge is 0.453 e. The number of alkyl halides is 2. The van der Waals surface area contributed by atoms with Gasteiger partial charge in [-0.1, -0.05) is 6.07 Å². The summed E-state index contributed by atoms with van der Waals surface area (Å²) < 4.78 is 70.0. The zero-order valence-electron chi connectivity index (χ0n) is 18.0. The number of nitrogens with one attached hydrogen (secondary N) is 1. The van der Waals surface area contributed by atoms with Gasteiger partial charge in [-0.2, -0.15) is 5.26 Å². The molecule has 3 rings (SSSR count). The van der Waals surface area contributed by atoms with Crippen LogP contribution in [0.15, 0.2) is 57.9 Å². The molecule has 0 saturated heterocycles. The van der Waals surface area contributed by atoms with E-state index < -0.39 is 40.2 Å². The number of hydrogen-bond donors (Lipinski definition) is 2. The molecule has 3 N–H and O–H groups in total. The SMILES string of the molecule is Cc1cc(S(N)(=O)=O)ccc1NC(=O)Cc1ccc(Br)c(Oc2cc(C#N)cc(C(F)F)c2)c1F. The van der Waals surface area contributed by atoms with Gasteiger partial charge in [0.2, 0.25) is 15.9 Å². The average molecular weight is 568 g/mol. The van der Waals surface area contributed by atoms with Crippen molar-refractivity contribution in [3.05, 3.63) is 81.1 Å². The van der Waals surface area contributed by atoms with E-state index in [0.717, 1.165) is 12.1 Å². The fourth-order valence-corrected chi connectivity index (χ4v) is 4.10. The molecule has 1 amide bonds. The molecular formula is C23H17BrF3N3O4S. The van der Waals surface area contributed by atoms with E-state index in [0.29, 0.717) is 11.3 Å². The number of benzene rings is 3. The molecule has 0 unspecified atom stereocenters. The van der Waals surface area contributed by atoms with E-state index in [1.54, 1.807) is 13.0 Å². The first-order valence-corrected chi connectivity index (χ1v) is 12.1. The second kappa shape index (κ2) is 10.5. The van der Waals surface area contributed by atoms with Gasteiger partial charge in [-0.15, -0.1) is 0 Å². The second-order valence-corrected chi connectivity index (χ2v) is 9.82. The number of anilines is 1. The number of sulfonamides is 1. The Balaban J connectivity index is 1.84. The smallest absolute Gasteiger partial charge is 0.264 e. The molecule has 12 heteroatoms. The lowest BCUT2D eigenvalue weighted by Gasteiger charge is -2.14. The predicted octanol–water partition coefficient (Wildman–Crippen LogP) is 5.33. The van der Waals surface area contributed by atoms with Crippen LogP contribution in [0.4, 0.5) is 18.9 Å². The van der Waals surface area contributed by atoms with Crippen LogP contribution in [0, 0.1) is 24.1 Å². The summed E-state index contributed by atoms with van der Waals surface area (Å²) in [5.41, 5.74) is 0.135. The Bertz CT molecular complexity index is 1460. The van der Waals surface area contributed by atoms with Gasteiger partial charge in [0.15, 0.2) is 11.6 Å². The van der Waals surface area contributed by atoms with Gasteiger partial charge < -0.3 is 10.1 Å². The van der Waals surface area contributed by atoms with Crippen molar-refractivity contribution in [1.29, 1.82) is 5.26 Å². The van der Waals surface area contributed by atoms with Gasteiger partial charge >= 0.3 is 0 Å². The van der Waals surface area contributed by atoms with Crippen LogP contribution in [0.5, 0.6) is 11.5 Å². The molecule has 0 aliphatic carbocycles. The molecule has 0 saturated carbocycles. The van der Waals surface area contributed by atoms with Crippen LogP contribution in [-0.2, 0) is 21.2 Å². The molecule has 0 aliphatic rings. The summed E-state index contributed by atoms with van der Waals surface area (Å²) in [4.78, 5) is 12.4. The van der Waals surface area contributed by atoms with E-state index in [9.17, 15) is 22.0 Å². The monoisotopic (exact) mass is 567 g/mol. The third kappa shape index (κ3) is 6.39. The predicted molar refractivity (Wildman–Crippen MR) is 125 cm³/mol. The molecule has 0 aromatic heterocycles. The lowest BCUT2D eigenvalue weighted by Crippen LogP contribution is -2.17. The Kier molecular flexibility index (Phi) is 7.84. The molecule has 0 aliphatic heterocycles. The highest BCUT2D eigenvalue weighted by Gasteiger charge is 2.19. The number of ether oxygens (including phenoxy) is 1. The standard InChI is InChI=1S/C23H17BrF3N3O4S/c1-12-6-17(35(29,32)33)3-5-19(12)30-20(31)10-14-2-4-18(24)22(21(14)25)34-16-8-13(11-28)7-15(9-16)23(26)27/h2-9,23H,10H2,1H3,(H,30,31)(H2,29,32,33). The first-order chi connectivity index (χ1) is 16.4. The van der Waals surface area contributed by atoms with Gasteiger partial charge in [-0.3, -0.25) is 4.79 Å². The summed E-state index contributed by atoms with van der Waals surface area (Å²) in [6, 6.07) is 11.6. The Labute approximate surface area is 207 Å². The van der Waals surface area contributed by atoms with Gasteiger partial charge in [0, 0.05) is 16.8 Å². The van der Waals surface area contributed by atoms with Gasteiger partial charge in [-0.05, 0) is 70.9 Å². The molecule has 0 bridgehead atoms.